The molecule has 0 aliphatic carbocycles. The number of methoxy groups -OCH3 is 4. The SMILES string of the molecule is C=CC(=O)Cl.C=CC(=O)Nc1cc(OCCN(C)C)ccc1Nc1cc(-c2cccnc2Nc2c(Cl)c(OC)cc(OC)c2Cl)ncn1.COc1cc(OC)c(Cl)c(Nc2ncccc2-c2cc(Nc3ccc(OCCN(C)C)cc3N)ncn2)c1Cl. The van der Waals surface area contributed by atoms with Gasteiger partial charge in [-0.3, -0.25) is 9.59 Å². The van der Waals surface area contributed by atoms with Gasteiger partial charge in [0.25, 0.3) is 0 Å². The van der Waals surface area contributed by atoms with Gasteiger partial charge in [-0.15, -0.1) is 0 Å². The Hall–Kier alpha value is -8.87. The summed E-state index contributed by atoms with van der Waals surface area (Å²) in [6.07, 6.45) is 8.39. The molecular weight excluding hydrogens is 1220 g/mol. The number of rotatable bonds is 25. The highest BCUT2D eigenvalue weighted by Gasteiger charge is 2.22. The number of carbonyl (C=O) groups excluding carboxylic acids is 2. The third-order valence-electron chi connectivity index (χ3n) is 11.9. The molecule has 0 unspecified atom stereocenters. The molecule has 4 aromatic heterocycles. The molecule has 27 heteroatoms. The molecule has 0 radical (unpaired) electrons. The summed E-state index contributed by atoms with van der Waals surface area (Å²) in [7, 11) is 13.9. The van der Waals surface area contributed by atoms with Crippen molar-refractivity contribution in [1.82, 2.24) is 39.7 Å². The standard InChI is InChI=1S/C30H31Cl2N7O4.C27H29Cl2N7O3.C3H3ClO/c1-6-26(40)37-22-14-18(43-13-12-39(2)3)9-10-20(22)36-25-15-21(34-17-35-25)19-8-7-11-33-30(19)38-29-27(31)23(41-4)16-24(42-5)28(29)32;1-36(2)10-11-39-16-7-8-19(18(30)12-16)34-23-13-20(32-15-33-23)17-6-5-9-31-27(17)35-26-24(28)21(37-3)14-22(38-4)25(26)29;1-2-3(4)5/h6-11,14-17H,1,12-13H2,2-5H3,(H,33,38)(H,37,40)(H,34,35,36);5-9,12-15H,10-11,30H2,1-4H3,(H,31,35)(H,32,33,34);2H,1H2. The zero-order chi connectivity index (χ0) is 63.2. The number of halogens is 5. The molecule has 4 aromatic carbocycles. The van der Waals surface area contributed by atoms with Crippen molar-refractivity contribution >= 4 is 127 Å². The molecule has 0 bridgehead atoms. The highest BCUT2D eigenvalue weighted by molar-refractivity contribution is 6.66. The van der Waals surface area contributed by atoms with Crippen LogP contribution >= 0.6 is 58.0 Å². The number of nitrogens with two attached hydrogens (primary N) is 1. The fourth-order valence-corrected chi connectivity index (χ4v) is 8.71. The molecule has 87 heavy (non-hydrogen) atoms. The number of ether oxygens (including phenoxy) is 6. The molecule has 7 N–H and O–H groups in total. The number of aromatic nitrogens is 6. The van der Waals surface area contributed by atoms with Crippen molar-refractivity contribution in [3.63, 3.8) is 0 Å². The Morgan fingerprint density at radius 2 is 0.954 bits per heavy atom. The second-order valence-electron chi connectivity index (χ2n) is 18.4. The van der Waals surface area contributed by atoms with Crippen LogP contribution in [0.5, 0.6) is 34.5 Å². The van der Waals surface area contributed by atoms with Gasteiger partial charge in [0.15, 0.2) is 0 Å². The normalized spacial score (nSPS) is 10.5. The monoisotopic (exact) mass is 1280 g/mol. The van der Waals surface area contributed by atoms with Crippen molar-refractivity contribution in [2.45, 2.75) is 0 Å². The van der Waals surface area contributed by atoms with Gasteiger partial charge in [0.05, 0.1) is 74.0 Å². The minimum atomic E-state index is -0.509. The van der Waals surface area contributed by atoms with Crippen LogP contribution in [0.25, 0.3) is 22.5 Å². The number of likely N-dealkylation sites (N-methyl/N-ethyl adjacent to an activating group) is 2. The van der Waals surface area contributed by atoms with E-state index in [-0.39, 0.29) is 26.0 Å². The molecule has 0 saturated heterocycles. The van der Waals surface area contributed by atoms with Gasteiger partial charge < -0.3 is 70.5 Å². The molecule has 8 rings (SSSR count). The summed E-state index contributed by atoms with van der Waals surface area (Å²) in [5, 5.41) is 16.3. The number of nitrogen functional groups attached to an aromatic ring is 1. The van der Waals surface area contributed by atoms with Crippen molar-refractivity contribution in [3.05, 3.63) is 155 Å². The molecule has 1 amide bonds. The number of benzene rings is 4. The van der Waals surface area contributed by atoms with E-state index in [1.54, 1.807) is 67.0 Å². The first kappa shape index (κ1) is 67.3. The molecule has 0 aliphatic rings. The summed E-state index contributed by atoms with van der Waals surface area (Å²) in [5.74, 6) is 4.41. The molecule has 4 heterocycles. The van der Waals surface area contributed by atoms with Gasteiger partial charge in [-0.05, 0) is 100 Å². The van der Waals surface area contributed by atoms with E-state index in [0.717, 1.165) is 19.2 Å². The number of pyridine rings is 2. The highest BCUT2D eigenvalue weighted by Crippen LogP contribution is 2.47. The second-order valence-corrected chi connectivity index (χ2v) is 20.3. The molecule has 22 nitrogen and oxygen atoms in total. The number of hydrogen-bond donors (Lipinski definition) is 6. The van der Waals surface area contributed by atoms with E-state index in [1.165, 1.54) is 47.2 Å². The predicted octanol–water partition coefficient (Wildman–Crippen LogP) is 13.2. The van der Waals surface area contributed by atoms with Crippen molar-refractivity contribution in [3.8, 4) is 57.0 Å². The number of amides is 1. The Kier molecular flexibility index (Phi) is 25.6. The second kappa shape index (κ2) is 33.1. The first-order valence-corrected chi connectivity index (χ1v) is 27.9. The zero-order valence-electron chi connectivity index (χ0n) is 48.6. The molecule has 8 aromatic rings. The lowest BCUT2D eigenvalue weighted by atomic mass is 10.1. The van der Waals surface area contributed by atoms with Crippen LogP contribution in [0.3, 0.4) is 0 Å². The van der Waals surface area contributed by atoms with E-state index in [0.29, 0.717) is 128 Å². The summed E-state index contributed by atoms with van der Waals surface area (Å²) in [4.78, 5) is 52.3. The lowest BCUT2D eigenvalue weighted by Gasteiger charge is -2.17. The number of allylic oxidation sites excluding steroid dienone is 1. The van der Waals surface area contributed by atoms with E-state index in [9.17, 15) is 9.59 Å². The molecule has 0 fully saturated rings. The van der Waals surface area contributed by atoms with Crippen LogP contribution in [0.2, 0.25) is 20.1 Å². The average molecular weight is 1290 g/mol. The quantitative estimate of drug-likeness (QED) is 0.0176. The van der Waals surface area contributed by atoms with Crippen molar-refractivity contribution in [1.29, 1.82) is 0 Å². The van der Waals surface area contributed by atoms with Crippen LogP contribution in [0.1, 0.15) is 0 Å². The van der Waals surface area contributed by atoms with Crippen LogP contribution in [0, 0.1) is 0 Å². The lowest BCUT2D eigenvalue weighted by molar-refractivity contribution is -0.112. The number of nitrogens with one attached hydrogen (secondary N) is 5. The van der Waals surface area contributed by atoms with Crippen LogP contribution in [0.4, 0.5) is 57.4 Å². The van der Waals surface area contributed by atoms with Gasteiger partial charge in [-0.1, -0.05) is 59.6 Å². The number of anilines is 10. The van der Waals surface area contributed by atoms with Crippen molar-refractivity contribution in [2.75, 3.05) is 115 Å². The minimum Gasteiger partial charge on any atom is -0.495 e. The van der Waals surface area contributed by atoms with Crippen molar-refractivity contribution in [2.24, 2.45) is 0 Å². The molecule has 0 atom stereocenters. The number of nitrogens with zero attached hydrogens (tertiary/aromatic N) is 8. The first-order valence-electron chi connectivity index (χ1n) is 26.0. The fourth-order valence-electron chi connectivity index (χ4n) is 7.52. The van der Waals surface area contributed by atoms with Gasteiger partial charge in [-0.2, -0.15) is 0 Å². The van der Waals surface area contributed by atoms with Crippen LogP contribution in [-0.2, 0) is 9.59 Å². The molecule has 0 spiro atoms. The predicted molar refractivity (Wildman–Crippen MR) is 348 cm³/mol. The Labute approximate surface area is 528 Å². The summed E-state index contributed by atoms with van der Waals surface area (Å²) >= 11 is 31.0. The maximum absolute atomic E-state index is 12.2. The third-order valence-corrected chi connectivity index (χ3v) is 13.5. The molecule has 0 aliphatic heterocycles. The van der Waals surface area contributed by atoms with Crippen LogP contribution in [-0.4, -0.2) is 134 Å². The maximum atomic E-state index is 12.2. The van der Waals surface area contributed by atoms with Gasteiger partial charge in [-0.25, -0.2) is 29.9 Å². The summed E-state index contributed by atoms with van der Waals surface area (Å²) in [5.41, 5.74) is 11.8. The van der Waals surface area contributed by atoms with Gasteiger partial charge in [0.2, 0.25) is 11.1 Å². The Bertz CT molecular complexity index is 3640. The smallest absolute Gasteiger partial charge is 0.247 e. The van der Waals surface area contributed by atoms with E-state index in [4.69, 9.17) is 92.2 Å². The largest absolute Gasteiger partial charge is 0.495 e. The maximum Gasteiger partial charge on any atom is 0.247 e. The molecular formula is C60H63Cl5N14O8. The van der Waals surface area contributed by atoms with Crippen LogP contribution in [0.15, 0.2) is 135 Å². The summed E-state index contributed by atoms with van der Waals surface area (Å²) < 4.78 is 33.1. The number of carbonyl (C=O) groups is 2. The van der Waals surface area contributed by atoms with E-state index in [1.807, 2.05) is 68.3 Å². The third kappa shape index (κ3) is 19.1. The minimum absolute atomic E-state index is 0.262. The van der Waals surface area contributed by atoms with Gasteiger partial charge in [0.1, 0.15) is 104 Å². The van der Waals surface area contributed by atoms with Crippen LogP contribution < -0.4 is 60.7 Å². The van der Waals surface area contributed by atoms with Crippen molar-refractivity contribution < 1.29 is 38.0 Å². The first-order chi connectivity index (χ1) is 41.8. The molecule has 0 saturated carbocycles. The highest BCUT2D eigenvalue weighted by atomic mass is 35.5. The Morgan fingerprint density at radius 3 is 1.34 bits per heavy atom. The summed E-state index contributed by atoms with van der Waals surface area (Å²) in [6.45, 7) is 9.22. The number of hydrogen-bond acceptors (Lipinski definition) is 21. The summed E-state index contributed by atoms with van der Waals surface area (Å²) in [6, 6.07) is 24.9. The van der Waals surface area contributed by atoms with Gasteiger partial charge in [0, 0.05) is 73.0 Å². The fraction of sp³-hybridized carbons (Fsp3) is 0.200. The topological polar surface area (TPSA) is 260 Å². The Morgan fingerprint density at radius 1 is 0.540 bits per heavy atom. The van der Waals surface area contributed by atoms with E-state index >= 15 is 0 Å². The Balaban J connectivity index is 0.000000259. The average Bonchev–Trinajstić information content (AvgIpc) is 2.93. The molecule has 456 valence electrons. The van der Waals surface area contributed by atoms with Gasteiger partial charge >= 0.3 is 0 Å². The zero-order valence-corrected chi connectivity index (χ0v) is 52.4. The van der Waals surface area contributed by atoms with E-state index in [2.05, 4.69) is 69.6 Å². The lowest BCUT2D eigenvalue weighted by Crippen LogP contribution is -2.19. The van der Waals surface area contributed by atoms with E-state index < -0.39 is 5.24 Å².